The lowest BCUT2D eigenvalue weighted by atomic mass is 10.1. The third-order valence-electron chi connectivity index (χ3n) is 3.44. The summed E-state index contributed by atoms with van der Waals surface area (Å²) in [5.74, 6) is 1.24. The second kappa shape index (κ2) is 6.16. The minimum Gasteiger partial charge on any atom is -0.367 e. The molecule has 0 spiro atoms. The summed E-state index contributed by atoms with van der Waals surface area (Å²) in [5.41, 5.74) is 2.32. The monoisotopic (exact) mass is 285 g/mol. The van der Waals surface area contributed by atoms with Crippen LogP contribution in [-0.4, -0.2) is 12.6 Å². The first-order chi connectivity index (χ1) is 8.63. The molecule has 18 heavy (non-hydrogen) atoms. The van der Waals surface area contributed by atoms with Crippen LogP contribution in [0.5, 0.6) is 0 Å². The van der Waals surface area contributed by atoms with Crippen LogP contribution in [0.15, 0.2) is 18.2 Å². The largest absolute Gasteiger partial charge is 0.367 e. The first-order valence-corrected chi connectivity index (χ1v) is 7.64. The van der Waals surface area contributed by atoms with Gasteiger partial charge in [-0.15, -0.1) is 11.6 Å². The van der Waals surface area contributed by atoms with E-state index in [-0.39, 0.29) is 0 Å². The maximum Gasteiger partial charge on any atom is 0.0642 e. The molecule has 0 saturated heterocycles. The molecule has 2 rings (SSSR count). The van der Waals surface area contributed by atoms with Crippen molar-refractivity contribution in [3.05, 3.63) is 28.8 Å². The fourth-order valence-electron chi connectivity index (χ4n) is 2.25. The third kappa shape index (κ3) is 3.33. The number of rotatable bonds is 6. The SMILES string of the molecule is CC(C)CCN(c1c(Cl)cccc1CCl)C1CC1. The van der Waals surface area contributed by atoms with E-state index in [1.54, 1.807) is 0 Å². The fraction of sp³-hybridized carbons (Fsp3) is 0.600. The zero-order valence-corrected chi connectivity index (χ0v) is 12.6. The molecule has 0 aliphatic heterocycles. The maximum absolute atomic E-state index is 6.39. The van der Waals surface area contributed by atoms with Gasteiger partial charge in [0.25, 0.3) is 0 Å². The molecule has 1 aromatic rings. The van der Waals surface area contributed by atoms with Gasteiger partial charge in [0, 0.05) is 18.5 Å². The standard InChI is InChI=1S/C15H21Cl2N/c1-11(2)8-9-18(13-6-7-13)15-12(10-16)4-3-5-14(15)17/h3-5,11,13H,6-10H2,1-2H3. The van der Waals surface area contributed by atoms with Crippen LogP contribution in [0.25, 0.3) is 0 Å². The summed E-state index contributed by atoms with van der Waals surface area (Å²) in [5, 5.41) is 0.837. The van der Waals surface area contributed by atoms with E-state index in [2.05, 4.69) is 24.8 Å². The van der Waals surface area contributed by atoms with E-state index in [9.17, 15) is 0 Å². The van der Waals surface area contributed by atoms with Gasteiger partial charge < -0.3 is 4.90 Å². The van der Waals surface area contributed by atoms with Crippen LogP contribution in [0, 0.1) is 5.92 Å². The number of anilines is 1. The number of alkyl halides is 1. The molecule has 1 aromatic carbocycles. The average Bonchev–Trinajstić information content (AvgIpc) is 3.15. The lowest BCUT2D eigenvalue weighted by Crippen LogP contribution is -2.29. The molecule has 100 valence electrons. The van der Waals surface area contributed by atoms with Crippen LogP contribution in [0.3, 0.4) is 0 Å². The quantitative estimate of drug-likeness (QED) is 0.658. The smallest absolute Gasteiger partial charge is 0.0642 e. The number of halogens is 2. The highest BCUT2D eigenvalue weighted by Gasteiger charge is 2.31. The van der Waals surface area contributed by atoms with Crippen molar-refractivity contribution in [2.24, 2.45) is 5.92 Å². The minimum absolute atomic E-state index is 0.529. The minimum atomic E-state index is 0.529. The molecule has 1 saturated carbocycles. The molecule has 3 heteroatoms. The van der Waals surface area contributed by atoms with Crippen molar-refractivity contribution in [2.75, 3.05) is 11.4 Å². The molecule has 0 heterocycles. The molecule has 0 N–H and O–H groups in total. The van der Waals surface area contributed by atoms with Crippen molar-refractivity contribution in [3.63, 3.8) is 0 Å². The molecule has 1 aliphatic rings. The topological polar surface area (TPSA) is 3.24 Å². The number of benzene rings is 1. The fourth-order valence-corrected chi connectivity index (χ4v) is 2.77. The van der Waals surface area contributed by atoms with Gasteiger partial charge in [0.15, 0.2) is 0 Å². The van der Waals surface area contributed by atoms with Crippen LogP contribution in [0.4, 0.5) is 5.69 Å². The first-order valence-electron chi connectivity index (χ1n) is 6.73. The number of hydrogen-bond acceptors (Lipinski definition) is 1. The molecule has 0 aromatic heterocycles. The van der Waals surface area contributed by atoms with Crippen molar-refractivity contribution in [3.8, 4) is 0 Å². The summed E-state index contributed by atoms with van der Waals surface area (Å²) >= 11 is 12.4. The number of nitrogens with zero attached hydrogens (tertiary/aromatic N) is 1. The number of para-hydroxylation sites is 1. The summed E-state index contributed by atoms with van der Waals surface area (Å²) < 4.78 is 0. The molecule has 1 aliphatic carbocycles. The van der Waals surface area contributed by atoms with Crippen LogP contribution in [0.2, 0.25) is 5.02 Å². The van der Waals surface area contributed by atoms with Crippen LogP contribution >= 0.6 is 23.2 Å². The van der Waals surface area contributed by atoms with E-state index in [0.29, 0.717) is 17.8 Å². The third-order valence-corrected chi connectivity index (χ3v) is 4.03. The Hall–Kier alpha value is -0.400. The molecular formula is C15H21Cl2N. The van der Waals surface area contributed by atoms with Crippen molar-refractivity contribution in [1.82, 2.24) is 0 Å². The highest BCUT2D eigenvalue weighted by Crippen LogP contribution is 2.38. The Bertz CT molecular complexity index is 399. The predicted molar refractivity (Wildman–Crippen MR) is 80.8 cm³/mol. The van der Waals surface area contributed by atoms with Crippen molar-refractivity contribution >= 4 is 28.9 Å². The lowest BCUT2D eigenvalue weighted by Gasteiger charge is -2.28. The summed E-state index contributed by atoms with van der Waals surface area (Å²) in [6.45, 7) is 5.61. The zero-order chi connectivity index (χ0) is 13.1. The second-order valence-corrected chi connectivity index (χ2v) is 6.16. The van der Waals surface area contributed by atoms with Gasteiger partial charge in [0.2, 0.25) is 0 Å². The first kappa shape index (κ1) is 14.0. The van der Waals surface area contributed by atoms with Crippen LogP contribution in [-0.2, 0) is 5.88 Å². The summed E-state index contributed by atoms with van der Waals surface area (Å²) in [6.07, 6.45) is 3.76. The van der Waals surface area contributed by atoms with E-state index in [4.69, 9.17) is 23.2 Å². The number of hydrogen-bond donors (Lipinski definition) is 0. The van der Waals surface area contributed by atoms with E-state index in [0.717, 1.165) is 22.8 Å². The molecule has 0 bridgehead atoms. The van der Waals surface area contributed by atoms with Gasteiger partial charge in [-0.25, -0.2) is 0 Å². The van der Waals surface area contributed by atoms with Crippen molar-refractivity contribution < 1.29 is 0 Å². The van der Waals surface area contributed by atoms with Gasteiger partial charge in [-0.3, -0.25) is 0 Å². The Morgan fingerprint density at radius 3 is 2.61 bits per heavy atom. The Morgan fingerprint density at radius 2 is 2.06 bits per heavy atom. The molecule has 0 atom stereocenters. The van der Waals surface area contributed by atoms with Gasteiger partial charge in [0.05, 0.1) is 10.7 Å². The van der Waals surface area contributed by atoms with E-state index >= 15 is 0 Å². The summed E-state index contributed by atoms with van der Waals surface area (Å²) in [7, 11) is 0. The Balaban J connectivity index is 2.24. The van der Waals surface area contributed by atoms with Gasteiger partial charge in [0.1, 0.15) is 0 Å². The van der Waals surface area contributed by atoms with Crippen molar-refractivity contribution in [2.45, 2.75) is 45.0 Å². The summed E-state index contributed by atoms with van der Waals surface area (Å²) in [6, 6.07) is 6.71. The molecule has 0 radical (unpaired) electrons. The van der Waals surface area contributed by atoms with Gasteiger partial charge >= 0.3 is 0 Å². The molecule has 1 fully saturated rings. The molecular weight excluding hydrogens is 265 g/mol. The van der Waals surface area contributed by atoms with E-state index in [1.807, 2.05) is 12.1 Å². The predicted octanol–water partition coefficient (Wildman–Crippen LogP) is 5.09. The normalized spacial score (nSPS) is 15.2. The van der Waals surface area contributed by atoms with Gasteiger partial charge in [-0.05, 0) is 36.8 Å². The maximum atomic E-state index is 6.39. The van der Waals surface area contributed by atoms with Gasteiger partial charge in [-0.1, -0.05) is 37.6 Å². The van der Waals surface area contributed by atoms with E-state index in [1.165, 1.54) is 19.3 Å². The highest BCUT2D eigenvalue weighted by molar-refractivity contribution is 6.33. The van der Waals surface area contributed by atoms with Crippen molar-refractivity contribution in [1.29, 1.82) is 0 Å². The Labute approximate surface area is 120 Å². The second-order valence-electron chi connectivity index (χ2n) is 5.49. The lowest BCUT2D eigenvalue weighted by molar-refractivity contribution is 0.570. The Morgan fingerprint density at radius 1 is 1.33 bits per heavy atom. The molecule has 0 unspecified atom stereocenters. The average molecular weight is 286 g/mol. The van der Waals surface area contributed by atoms with Crippen LogP contribution < -0.4 is 4.90 Å². The van der Waals surface area contributed by atoms with E-state index < -0.39 is 0 Å². The Kier molecular flexibility index (Phi) is 4.80. The zero-order valence-electron chi connectivity index (χ0n) is 11.1. The molecule has 0 amide bonds. The van der Waals surface area contributed by atoms with Gasteiger partial charge in [-0.2, -0.15) is 0 Å². The molecule has 1 nitrogen and oxygen atoms in total. The van der Waals surface area contributed by atoms with Crippen LogP contribution in [0.1, 0.15) is 38.7 Å². The highest BCUT2D eigenvalue weighted by atomic mass is 35.5. The summed E-state index contributed by atoms with van der Waals surface area (Å²) in [4.78, 5) is 2.47.